The molecular weight excluding hydrogens is 288 g/mol. The average molecular weight is 307 g/mol. The number of amides is 2. The third-order valence-electron chi connectivity index (χ3n) is 4.36. The van der Waals surface area contributed by atoms with Crippen LogP contribution in [0.15, 0.2) is 24.3 Å². The van der Waals surface area contributed by atoms with Crippen molar-refractivity contribution in [3.05, 3.63) is 29.3 Å². The van der Waals surface area contributed by atoms with Gasteiger partial charge in [0, 0.05) is 13.1 Å². The molecular formula is C16H19ClN2O2. The van der Waals surface area contributed by atoms with Crippen LogP contribution in [0.2, 0.25) is 5.02 Å². The minimum Gasteiger partial charge on any atom is -0.342 e. The van der Waals surface area contributed by atoms with Crippen molar-refractivity contribution in [2.75, 3.05) is 18.4 Å². The van der Waals surface area contributed by atoms with E-state index in [1.807, 2.05) is 17.0 Å². The van der Waals surface area contributed by atoms with Crippen molar-refractivity contribution in [1.29, 1.82) is 0 Å². The maximum Gasteiger partial charge on any atom is 0.240 e. The number of rotatable bonds is 3. The highest BCUT2D eigenvalue weighted by molar-refractivity contribution is 6.34. The number of hydrogen-bond acceptors (Lipinski definition) is 2. The van der Waals surface area contributed by atoms with Crippen molar-refractivity contribution >= 4 is 29.1 Å². The first-order chi connectivity index (χ1) is 10.1. The molecule has 1 saturated heterocycles. The van der Waals surface area contributed by atoms with E-state index in [1.54, 1.807) is 12.1 Å². The standard InChI is InChI=1S/C16H19ClN2O2/c17-12-6-2-3-7-13(12)18-14(20)16(8-9-16)15(21)19-10-4-1-5-11-19/h2-3,6-7H,1,4-5,8-11H2,(H,18,20). The van der Waals surface area contributed by atoms with E-state index in [4.69, 9.17) is 11.6 Å². The van der Waals surface area contributed by atoms with Crippen LogP contribution in [-0.2, 0) is 9.59 Å². The molecule has 0 bridgehead atoms. The Morgan fingerprint density at radius 1 is 1.10 bits per heavy atom. The van der Waals surface area contributed by atoms with Gasteiger partial charge in [0.15, 0.2) is 0 Å². The number of carbonyl (C=O) groups excluding carboxylic acids is 2. The lowest BCUT2D eigenvalue weighted by Gasteiger charge is -2.30. The molecule has 2 amide bonds. The number of nitrogens with one attached hydrogen (secondary N) is 1. The lowest BCUT2D eigenvalue weighted by Crippen LogP contribution is -2.45. The molecule has 4 nitrogen and oxygen atoms in total. The van der Waals surface area contributed by atoms with Crippen LogP contribution in [0.1, 0.15) is 32.1 Å². The van der Waals surface area contributed by atoms with Crippen molar-refractivity contribution in [3.63, 3.8) is 0 Å². The molecule has 0 atom stereocenters. The van der Waals surface area contributed by atoms with E-state index >= 15 is 0 Å². The van der Waals surface area contributed by atoms with Crippen molar-refractivity contribution in [3.8, 4) is 0 Å². The Kier molecular flexibility index (Phi) is 3.89. The molecule has 0 radical (unpaired) electrons. The maximum atomic E-state index is 12.6. The number of carbonyl (C=O) groups is 2. The SMILES string of the molecule is O=C(Nc1ccccc1Cl)C1(C(=O)N2CCCCC2)CC1. The monoisotopic (exact) mass is 306 g/mol. The van der Waals surface area contributed by atoms with Crippen LogP contribution in [-0.4, -0.2) is 29.8 Å². The first-order valence-corrected chi connectivity index (χ1v) is 7.87. The molecule has 1 aromatic rings. The number of nitrogens with zero attached hydrogens (tertiary/aromatic N) is 1. The van der Waals surface area contributed by atoms with Crippen molar-refractivity contribution < 1.29 is 9.59 Å². The Labute approximate surface area is 129 Å². The molecule has 3 rings (SSSR count). The highest BCUT2D eigenvalue weighted by Gasteiger charge is 2.58. The summed E-state index contributed by atoms with van der Waals surface area (Å²) in [5.41, 5.74) is -0.279. The molecule has 5 heteroatoms. The van der Waals surface area contributed by atoms with E-state index in [-0.39, 0.29) is 11.8 Å². The van der Waals surface area contributed by atoms with Crippen LogP contribution in [0.5, 0.6) is 0 Å². The zero-order valence-corrected chi connectivity index (χ0v) is 12.7. The second-order valence-corrected chi connectivity index (χ2v) is 6.28. The van der Waals surface area contributed by atoms with E-state index in [0.717, 1.165) is 25.9 Å². The second kappa shape index (κ2) is 5.68. The fourth-order valence-corrected chi connectivity index (χ4v) is 3.05. The van der Waals surface area contributed by atoms with E-state index in [2.05, 4.69) is 5.32 Å². The van der Waals surface area contributed by atoms with Crippen LogP contribution in [0, 0.1) is 5.41 Å². The summed E-state index contributed by atoms with van der Waals surface area (Å²) in [5.74, 6) is -0.224. The van der Waals surface area contributed by atoms with E-state index in [1.165, 1.54) is 6.42 Å². The molecule has 21 heavy (non-hydrogen) atoms. The van der Waals surface area contributed by atoms with Gasteiger partial charge in [0.1, 0.15) is 5.41 Å². The first kappa shape index (κ1) is 14.4. The lowest BCUT2D eigenvalue weighted by molar-refractivity contribution is -0.143. The van der Waals surface area contributed by atoms with Gasteiger partial charge in [0.2, 0.25) is 11.8 Å². The Hall–Kier alpha value is -1.55. The largest absolute Gasteiger partial charge is 0.342 e. The molecule has 2 aliphatic rings. The number of halogens is 1. The molecule has 0 aromatic heterocycles. The van der Waals surface area contributed by atoms with Gasteiger partial charge in [-0.3, -0.25) is 9.59 Å². The van der Waals surface area contributed by atoms with Crippen LogP contribution in [0.25, 0.3) is 0 Å². The molecule has 0 spiro atoms. The van der Waals surface area contributed by atoms with E-state index < -0.39 is 5.41 Å². The summed E-state index contributed by atoms with van der Waals surface area (Å²) in [4.78, 5) is 27.0. The quantitative estimate of drug-likeness (QED) is 0.873. The zero-order chi connectivity index (χ0) is 14.9. The summed E-state index contributed by atoms with van der Waals surface area (Å²) in [5, 5.41) is 3.31. The van der Waals surface area contributed by atoms with Gasteiger partial charge < -0.3 is 10.2 Å². The molecule has 2 fully saturated rings. The summed E-state index contributed by atoms with van der Waals surface area (Å²) in [6, 6.07) is 7.10. The van der Waals surface area contributed by atoms with Gasteiger partial charge in [-0.25, -0.2) is 0 Å². The third kappa shape index (κ3) is 2.77. The second-order valence-electron chi connectivity index (χ2n) is 5.87. The highest BCUT2D eigenvalue weighted by atomic mass is 35.5. The number of likely N-dealkylation sites (tertiary alicyclic amines) is 1. The molecule has 1 aromatic carbocycles. The fraction of sp³-hybridized carbons (Fsp3) is 0.500. The Morgan fingerprint density at radius 3 is 2.38 bits per heavy atom. The fourth-order valence-electron chi connectivity index (χ4n) is 2.87. The van der Waals surface area contributed by atoms with Gasteiger partial charge in [-0.2, -0.15) is 0 Å². The Morgan fingerprint density at radius 2 is 1.76 bits per heavy atom. The first-order valence-electron chi connectivity index (χ1n) is 7.49. The normalized spacial score (nSPS) is 20.0. The predicted molar refractivity (Wildman–Crippen MR) is 82.2 cm³/mol. The molecule has 112 valence electrons. The molecule has 1 aliphatic heterocycles. The zero-order valence-electron chi connectivity index (χ0n) is 11.9. The lowest BCUT2D eigenvalue weighted by atomic mass is 10.0. The van der Waals surface area contributed by atoms with Crippen LogP contribution < -0.4 is 5.32 Å². The number of piperidine rings is 1. The van der Waals surface area contributed by atoms with Crippen molar-refractivity contribution in [2.24, 2.45) is 5.41 Å². The van der Waals surface area contributed by atoms with Gasteiger partial charge in [-0.1, -0.05) is 23.7 Å². The third-order valence-corrected chi connectivity index (χ3v) is 4.69. The summed E-state index contributed by atoms with van der Waals surface area (Å²) in [7, 11) is 0. The summed E-state index contributed by atoms with van der Waals surface area (Å²) in [6.07, 6.45) is 4.52. The van der Waals surface area contributed by atoms with E-state index in [0.29, 0.717) is 23.6 Å². The molecule has 0 unspecified atom stereocenters. The van der Waals surface area contributed by atoms with E-state index in [9.17, 15) is 9.59 Å². The summed E-state index contributed by atoms with van der Waals surface area (Å²) >= 11 is 6.06. The van der Waals surface area contributed by atoms with Crippen molar-refractivity contribution in [2.45, 2.75) is 32.1 Å². The van der Waals surface area contributed by atoms with Crippen molar-refractivity contribution in [1.82, 2.24) is 4.90 Å². The van der Waals surface area contributed by atoms with Gasteiger partial charge >= 0.3 is 0 Å². The Balaban J connectivity index is 1.71. The minimum atomic E-state index is -0.851. The number of anilines is 1. The summed E-state index contributed by atoms with van der Waals surface area (Å²) < 4.78 is 0. The Bertz CT molecular complexity index is 563. The minimum absolute atomic E-state index is 0.00764. The topological polar surface area (TPSA) is 49.4 Å². The number of para-hydroxylation sites is 1. The van der Waals surface area contributed by atoms with Crippen LogP contribution in [0.3, 0.4) is 0 Å². The van der Waals surface area contributed by atoms with Gasteiger partial charge in [0.25, 0.3) is 0 Å². The molecule has 1 aliphatic carbocycles. The number of hydrogen-bond donors (Lipinski definition) is 1. The highest BCUT2D eigenvalue weighted by Crippen LogP contribution is 2.48. The van der Waals surface area contributed by atoms with Gasteiger partial charge in [0.05, 0.1) is 10.7 Å². The van der Waals surface area contributed by atoms with Crippen LogP contribution in [0.4, 0.5) is 5.69 Å². The molecule has 1 heterocycles. The maximum absolute atomic E-state index is 12.6. The number of benzene rings is 1. The smallest absolute Gasteiger partial charge is 0.240 e. The predicted octanol–water partition coefficient (Wildman–Crippen LogP) is 3.07. The summed E-state index contributed by atoms with van der Waals surface area (Å²) in [6.45, 7) is 1.56. The van der Waals surface area contributed by atoms with Gasteiger partial charge in [-0.15, -0.1) is 0 Å². The molecule has 1 N–H and O–H groups in total. The average Bonchev–Trinajstić information content (AvgIpc) is 3.31. The van der Waals surface area contributed by atoms with Gasteiger partial charge in [-0.05, 0) is 44.2 Å². The molecule has 1 saturated carbocycles. The van der Waals surface area contributed by atoms with Crippen LogP contribution >= 0.6 is 11.6 Å².